The maximum Gasteiger partial charge on any atom is 0.226 e. The third-order valence-electron chi connectivity index (χ3n) is 5.72. The zero-order chi connectivity index (χ0) is 20.9. The number of rotatable bonds is 2. The van der Waals surface area contributed by atoms with E-state index in [2.05, 4.69) is 73.6 Å². The van der Waals surface area contributed by atoms with Gasteiger partial charge in [-0.25, -0.2) is 4.68 Å². The molecule has 2 aliphatic heterocycles. The minimum atomic E-state index is -0.294. The normalized spacial score (nSPS) is 19.0. The highest BCUT2D eigenvalue weighted by Crippen LogP contribution is 2.50. The predicted octanol–water partition coefficient (Wildman–Crippen LogP) is 5.30. The number of hydrogen-bond acceptors (Lipinski definition) is 5. The first-order chi connectivity index (χ1) is 15.2. The average molecular weight is 472 g/mol. The van der Waals surface area contributed by atoms with Crippen LogP contribution in [0.3, 0.4) is 0 Å². The van der Waals surface area contributed by atoms with Gasteiger partial charge < -0.3 is 10.1 Å². The molecule has 0 saturated carbocycles. The second kappa shape index (κ2) is 7.06. The van der Waals surface area contributed by atoms with E-state index < -0.39 is 0 Å². The lowest BCUT2D eigenvalue weighted by molar-refractivity contribution is 0.223. The van der Waals surface area contributed by atoms with Crippen molar-refractivity contribution in [3.8, 4) is 5.75 Å². The Hall–Kier alpha value is -3.45. The molecule has 152 valence electrons. The molecule has 2 aromatic heterocycles. The van der Waals surface area contributed by atoms with E-state index >= 15 is 0 Å². The fraction of sp³-hybridized carbons (Fsp3) is 0.125. The van der Waals surface area contributed by atoms with Crippen molar-refractivity contribution in [2.45, 2.75) is 19.1 Å². The zero-order valence-corrected chi connectivity index (χ0v) is 18.2. The van der Waals surface area contributed by atoms with Crippen molar-refractivity contribution in [1.29, 1.82) is 0 Å². The SMILES string of the molecule is Cc1ccc2c(c1)C1=C([C@H](c3cccc(Br)c3)O2)[C@@H](c2cccnc2)n2ncnc2N1. The Bertz CT molecular complexity index is 1330. The van der Waals surface area contributed by atoms with E-state index in [9.17, 15) is 0 Å². The van der Waals surface area contributed by atoms with Gasteiger partial charge >= 0.3 is 0 Å². The highest BCUT2D eigenvalue weighted by molar-refractivity contribution is 9.10. The first-order valence-electron chi connectivity index (χ1n) is 10.0. The highest BCUT2D eigenvalue weighted by atomic mass is 79.9. The third kappa shape index (κ3) is 2.96. The largest absolute Gasteiger partial charge is 0.480 e. The van der Waals surface area contributed by atoms with Gasteiger partial charge in [-0.15, -0.1) is 0 Å². The molecule has 7 heteroatoms. The lowest BCUT2D eigenvalue weighted by atomic mass is 9.85. The van der Waals surface area contributed by atoms with Crippen LogP contribution < -0.4 is 10.1 Å². The summed E-state index contributed by atoms with van der Waals surface area (Å²) in [5.41, 5.74) is 6.40. The number of ether oxygens (including phenoxy) is 1. The van der Waals surface area contributed by atoms with Crippen LogP contribution in [-0.4, -0.2) is 19.7 Å². The van der Waals surface area contributed by atoms with Crippen LogP contribution in [0.15, 0.2) is 83.4 Å². The molecule has 4 aromatic rings. The van der Waals surface area contributed by atoms with Crippen LogP contribution in [0.5, 0.6) is 5.75 Å². The van der Waals surface area contributed by atoms with Gasteiger partial charge in [-0.1, -0.05) is 45.8 Å². The van der Waals surface area contributed by atoms with Gasteiger partial charge in [0.2, 0.25) is 5.95 Å². The molecule has 6 rings (SSSR count). The van der Waals surface area contributed by atoms with E-state index in [-0.39, 0.29) is 12.1 Å². The molecule has 0 spiro atoms. The molecule has 31 heavy (non-hydrogen) atoms. The average Bonchev–Trinajstić information content (AvgIpc) is 3.26. The van der Waals surface area contributed by atoms with Crippen molar-refractivity contribution in [2.24, 2.45) is 0 Å². The van der Waals surface area contributed by atoms with Crippen LogP contribution in [-0.2, 0) is 0 Å². The van der Waals surface area contributed by atoms with Gasteiger partial charge in [-0.2, -0.15) is 10.1 Å². The van der Waals surface area contributed by atoms with E-state index in [1.165, 1.54) is 5.56 Å². The second-order valence-electron chi connectivity index (χ2n) is 7.72. The highest BCUT2D eigenvalue weighted by Gasteiger charge is 2.41. The van der Waals surface area contributed by atoms with Crippen molar-refractivity contribution in [3.05, 3.63) is 106 Å². The number of nitrogens with one attached hydrogen (secondary N) is 1. The summed E-state index contributed by atoms with van der Waals surface area (Å²) in [5.74, 6) is 1.55. The summed E-state index contributed by atoms with van der Waals surface area (Å²) in [7, 11) is 0. The van der Waals surface area contributed by atoms with E-state index in [1.54, 1.807) is 12.5 Å². The van der Waals surface area contributed by atoms with Crippen molar-refractivity contribution in [3.63, 3.8) is 0 Å². The molecule has 0 amide bonds. The minimum absolute atomic E-state index is 0.194. The van der Waals surface area contributed by atoms with Crippen LogP contribution in [0.1, 0.15) is 34.4 Å². The van der Waals surface area contributed by atoms with Gasteiger partial charge in [-0.05, 0) is 48.4 Å². The van der Waals surface area contributed by atoms with Crippen LogP contribution >= 0.6 is 15.9 Å². The Kier molecular flexibility index (Phi) is 4.17. The molecular formula is C24H18BrN5O. The van der Waals surface area contributed by atoms with Crippen molar-refractivity contribution >= 4 is 27.6 Å². The van der Waals surface area contributed by atoms with Crippen molar-refractivity contribution in [1.82, 2.24) is 19.7 Å². The first kappa shape index (κ1) is 18.3. The molecule has 0 saturated heterocycles. The van der Waals surface area contributed by atoms with Crippen LogP contribution in [0.4, 0.5) is 5.95 Å². The molecule has 4 heterocycles. The van der Waals surface area contributed by atoms with Gasteiger partial charge in [-0.3, -0.25) is 4.98 Å². The van der Waals surface area contributed by atoms with Gasteiger partial charge in [0.25, 0.3) is 0 Å². The Morgan fingerprint density at radius 3 is 2.81 bits per heavy atom. The molecule has 2 aromatic carbocycles. The Labute approximate surface area is 187 Å². The molecule has 1 N–H and O–H groups in total. The summed E-state index contributed by atoms with van der Waals surface area (Å²) in [4.78, 5) is 8.84. The second-order valence-corrected chi connectivity index (χ2v) is 8.64. The quantitative estimate of drug-likeness (QED) is 0.429. The van der Waals surface area contributed by atoms with Gasteiger partial charge in [0.05, 0.1) is 5.70 Å². The fourth-order valence-electron chi connectivity index (χ4n) is 4.39. The van der Waals surface area contributed by atoms with E-state index in [4.69, 9.17) is 4.74 Å². The third-order valence-corrected chi connectivity index (χ3v) is 6.21. The number of pyridine rings is 1. The van der Waals surface area contributed by atoms with E-state index in [1.807, 2.05) is 35.1 Å². The molecule has 0 unspecified atom stereocenters. The number of aryl methyl sites for hydroxylation is 1. The molecule has 0 fully saturated rings. The van der Waals surface area contributed by atoms with Gasteiger partial charge in [0, 0.05) is 28.0 Å². The number of fused-ring (bicyclic) bond motifs is 3. The number of benzene rings is 2. The van der Waals surface area contributed by atoms with Crippen LogP contribution in [0.25, 0.3) is 5.70 Å². The molecule has 0 bridgehead atoms. The monoisotopic (exact) mass is 471 g/mol. The van der Waals surface area contributed by atoms with Crippen molar-refractivity contribution < 1.29 is 4.74 Å². The number of hydrogen-bond donors (Lipinski definition) is 1. The molecule has 2 atom stereocenters. The lowest BCUT2D eigenvalue weighted by Crippen LogP contribution is -2.32. The maximum atomic E-state index is 6.64. The number of aromatic nitrogens is 4. The number of anilines is 1. The van der Waals surface area contributed by atoms with Crippen molar-refractivity contribution in [2.75, 3.05) is 5.32 Å². The fourth-order valence-corrected chi connectivity index (χ4v) is 4.80. The predicted molar refractivity (Wildman–Crippen MR) is 122 cm³/mol. The molecule has 6 nitrogen and oxygen atoms in total. The zero-order valence-electron chi connectivity index (χ0n) is 16.7. The summed E-state index contributed by atoms with van der Waals surface area (Å²) in [6, 6.07) is 18.3. The summed E-state index contributed by atoms with van der Waals surface area (Å²) in [6.45, 7) is 2.09. The maximum absolute atomic E-state index is 6.64. The molecular weight excluding hydrogens is 454 g/mol. The number of halogens is 1. The smallest absolute Gasteiger partial charge is 0.226 e. The van der Waals surface area contributed by atoms with Gasteiger partial charge in [0.15, 0.2) is 0 Å². The Balaban J connectivity index is 1.65. The topological polar surface area (TPSA) is 64.9 Å². The molecule has 0 radical (unpaired) electrons. The molecule has 2 aliphatic rings. The van der Waals surface area contributed by atoms with Crippen LogP contribution in [0.2, 0.25) is 0 Å². The first-order valence-corrected chi connectivity index (χ1v) is 10.8. The van der Waals surface area contributed by atoms with Gasteiger partial charge in [0.1, 0.15) is 24.2 Å². The lowest BCUT2D eigenvalue weighted by Gasteiger charge is -2.39. The summed E-state index contributed by atoms with van der Waals surface area (Å²) in [6.07, 6.45) is 4.95. The van der Waals surface area contributed by atoms with E-state index in [0.717, 1.165) is 38.2 Å². The Morgan fingerprint density at radius 1 is 1.06 bits per heavy atom. The molecule has 0 aliphatic carbocycles. The van der Waals surface area contributed by atoms with Crippen LogP contribution in [0, 0.1) is 6.92 Å². The summed E-state index contributed by atoms with van der Waals surface area (Å²) < 4.78 is 9.56. The minimum Gasteiger partial charge on any atom is -0.480 e. The van der Waals surface area contributed by atoms with E-state index in [0.29, 0.717) is 5.95 Å². The standard InChI is InChI=1S/C24H18BrN5O/c1-14-7-8-19-18(10-14)21-20(23(31-19)15-4-2-6-17(25)11-15)22(16-5-3-9-26-12-16)30-24(29-21)27-13-28-30/h2-13,22-23H,1H3,(H,27,28,29)/t22-,23+/m1/s1. The summed E-state index contributed by atoms with van der Waals surface area (Å²) in [5, 5.41) is 8.07. The number of nitrogens with zero attached hydrogens (tertiary/aromatic N) is 4. The Morgan fingerprint density at radius 2 is 1.97 bits per heavy atom. The summed E-state index contributed by atoms with van der Waals surface area (Å²) >= 11 is 3.61.